The Morgan fingerprint density at radius 2 is 0.588 bits per heavy atom. The zero-order chi connectivity index (χ0) is 14.9. The molecule has 0 aliphatic carbocycles. The van der Waals surface area contributed by atoms with Gasteiger partial charge in [-0.15, -0.1) is 0 Å². The van der Waals surface area contributed by atoms with Crippen LogP contribution in [-0.2, 0) is 0 Å². The van der Waals surface area contributed by atoms with Gasteiger partial charge in [0.05, 0.1) is 0 Å². The fourth-order valence-corrected chi connectivity index (χ4v) is 0.677. The molecule has 0 amide bonds. The van der Waals surface area contributed by atoms with Crippen molar-refractivity contribution in [3.63, 3.8) is 0 Å². The van der Waals surface area contributed by atoms with Gasteiger partial charge in [-0.05, 0) is 0 Å². The van der Waals surface area contributed by atoms with E-state index in [4.69, 9.17) is 0 Å². The molecule has 0 fully saturated rings. The zero-order valence-corrected chi connectivity index (χ0v) is 14.9. The van der Waals surface area contributed by atoms with Gasteiger partial charge in [-0.25, -0.2) is 0 Å². The molecule has 17 heavy (non-hydrogen) atoms. The molecule has 0 aromatic carbocycles. The largest absolute Gasteiger partial charge is 0.0683 e. The lowest BCUT2D eigenvalue weighted by Crippen LogP contribution is -1.70. The number of unbranched alkanes of at least 4 members (excludes halogenated alkanes) is 4. The van der Waals surface area contributed by atoms with Crippen LogP contribution in [0.1, 0.15) is 114 Å². The van der Waals surface area contributed by atoms with Crippen LogP contribution in [0.4, 0.5) is 0 Å². The molecule has 0 nitrogen and oxygen atoms in total. The summed E-state index contributed by atoms with van der Waals surface area (Å²) in [6, 6.07) is 0. The third-order valence-electron chi connectivity index (χ3n) is 1.21. The van der Waals surface area contributed by atoms with Crippen molar-refractivity contribution in [2.45, 2.75) is 114 Å². The van der Waals surface area contributed by atoms with Crippen LogP contribution in [-0.4, -0.2) is 0 Å². The summed E-state index contributed by atoms with van der Waals surface area (Å²) >= 11 is 0. The van der Waals surface area contributed by atoms with E-state index < -0.39 is 0 Å². The van der Waals surface area contributed by atoms with E-state index in [2.05, 4.69) is 41.5 Å². The minimum Gasteiger partial charge on any atom is -0.0683 e. The fraction of sp³-hybridized carbons (Fsp3) is 1.00. The summed E-state index contributed by atoms with van der Waals surface area (Å²) < 4.78 is 0. The Morgan fingerprint density at radius 3 is 0.706 bits per heavy atom. The predicted octanol–water partition coefficient (Wildman–Crippen LogP) is 7.86. The van der Waals surface area contributed by atoms with Gasteiger partial charge in [-0.1, -0.05) is 114 Å². The first-order chi connectivity index (χ1) is 8.24. The van der Waals surface area contributed by atoms with E-state index in [-0.39, 0.29) is 0 Å². The topological polar surface area (TPSA) is 0 Å². The van der Waals surface area contributed by atoms with Crippen molar-refractivity contribution in [1.82, 2.24) is 0 Å². The van der Waals surface area contributed by atoms with Gasteiger partial charge in [0.1, 0.15) is 0 Å². The van der Waals surface area contributed by atoms with Gasteiger partial charge < -0.3 is 0 Å². The fourth-order valence-electron chi connectivity index (χ4n) is 0.677. The minimum atomic E-state index is 1.25. The summed E-state index contributed by atoms with van der Waals surface area (Å²) in [6.45, 7) is 21.0. The Morgan fingerprint density at radius 1 is 0.412 bits per heavy atom. The first-order valence-electron chi connectivity index (χ1n) is 8.24. The standard InChI is InChI=1S/C7H16.2C3H8.2C2H6/c1-3-5-7-6-4-2;2*1-3-2;2*1-2/h3-7H2,1-2H3;2*3H2,1-2H3;2*1-2H3. The molecule has 0 N–H and O–H groups in total. The molecule has 0 aliphatic heterocycles. The highest BCUT2D eigenvalue weighted by Gasteiger charge is 1.80. The molecule has 0 rings (SSSR count). The first-order valence-corrected chi connectivity index (χ1v) is 8.24. The van der Waals surface area contributed by atoms with Crippen LogP contribution < -0.4 is 0 Å². The van der Waals surface area contributed by atoms with Crippen LogP contribution >= 0.6 is 0 Å². The molecule has 0 heteroatoms. The SMILES string of the molecule is CC.CC.CCC.CCC.CCCCCCC. The van der Waals surface area contributed by atoms with Crippen LogP contribution in [0.2, 0.25) is 0 Å². The number of hydrogen-bond acceptors (Lipinski definition) is 0. The monoisotopic (exact) mass is 248 g/mol. The van der Waals surface area contributed by atoms with Crippen LogP contribution in [0.15, 0.2) is 0 Å². The van der Waals surface area contributed by atoms with Crippen molar-refractivity contribution in [1.29, 1.82) is 0 Å². The first kappa shape index (κ1) is 30.2. The van der Waals surface area contributed by atoms with Crippen molar-refractivity contribution in [3.05, 3.63) is 0 Å². The molecule has 112 valence electrons. The molecule has 0 spiro atoms. The lowest BCUT2D eigenvalue weighted by molar-refractivity contribution is 0.656. The highest BCUT2D eigenvalue weighted by Crippen LogP contribution is 2.00. The lowest BCUT2D eigenvalue weighted by atomic mass is 10.2. The molecular formula is C17H44. The summed E-state index contributed by atoms with van der Waals surface area (Å²) in [5.74, 6) is 0. The number of hydrogen-bond donors (Lipinski definition) is 0. The van der Waals surface area contributed by atoms with E-state index in [0.29, 0.717) is 0 Å². The molecule has 0 aromatic rings. The molecule has 0 aliphatic rings. The van der Waals surface area contributed by atoms with Crippen molar-refractivity contribution in [3.8, 4) is 0 Å². The van der Waals surface area contributed by atoms with Gasteiger partial charge in [0.2, 0.25) is 0 Å². The van der Waals surface area contributed by atoms with Gasteiger partial charge >= 0.3 is 0 Å². The summed E-state index contributed by atoms with van der Waals surface area (Å²) in [4.78, 5) is 0. The summed E-state index contributed by atoms with van der Waals surface area (Å²) in [7, 11) is 0. The molecule has 0 bridgehead atoms. The molecule has 0 aromatic heterocycles. The molecule has 0 saturated heterocycles. The lowest BCUT2D eigenvalue weighted by Gasteiger charge is -1.90. The Hall–Kier alpha value is 0. The molecule has 0 unspecified atom stereocenters. The van der Waals surface area contributed by atoms with Gasteiger partial charge in [-0.2, -0.15) is 0 Å². The van der Waals surface area contributed by atoms with E-state index >= 15 is 0 Å². The highest BCUT2D eigenvalue weighted by molar-refractivity contribution is 4.35. The second-order valence-electron chi connectivity index (χ2n) is 3.47. The van der Waals surface area contributed by atoms with Crippen molar-refractivity contribution < 1.29 is 0 Å². The van der Waals surface area contributed by atoms with Crippen molar-refractivity contribution in [2.24, 2.45) is 0 Å². The molecule has 0 saturated carbocycles. The van der Waals surface area contributed by atoms with E-state index in [1.54, 1.807) is 0 Å². The van der Waals surface area contributed by atoms with Gasteiger partial charge in [0.15, 0.2) is 0 Å². The maximum absolute atomic E-state index is 2.25. The van der Waals surface area contributed by atoms with Gasteiger partial charge in [-0.3, -0.25) is 0 Å². The van der Waals surface area contributed by atoms with Crippen LogP contribution in [0.25, 0.3) is 0 Å². The van der Waals surface area contributed by atoms with Crippen molar-refractivity contribution in [2.75, 3.05) is 0 Å². The molecule has 0 radical (unpaired) electrons. The Kier molecular flexibility index (Phi) is 131. The Bertz CT molecular complexity index is 33.3. The third-order valence-corrected chi connectivity index (χ3v) is 1.21. The van der Waals surface area contributed by atoms with E-state index in [9.17, 15) is 0 Å². The number of rotatable bonds is 4. The predicted molar refractivity (Wildman–Crippen MR) is 89.1 cm³/mol. The smallest absolute Gasteiger partial charge is 0.0533 e. The minimum absolute atomic E-state index is 1.25. The van der Waals surface area contributed by atoms with E-state index in [0.717, 1.165) is 0 Å². The van der Waals surface area contributed by atoms with Crippen LogP contribution in [0, 0.1) is 0 Å². The maximum Gasteiger partial charge on any atom is -0.0533 e. The van der Waals surface area contributed by atoms with Gasteiger partial charge in [0.25, 0.3) is 0 Å². The summed E-state index contributed by atoms with van der Waals surface area (Å²) in [5, 5.41) is 0. The quantitative estimate of drug-likeness (QED) is 0.444. The van der Waals surface area contributed by atoms with Gasteiger partial charge in [0, 0.05) is 0 Å². The average molecular weight is 249 g/mol. The zero-order valence-electron chi connectivity index (χ0n) is 14.9. The van der Waals surface area contributed by atoms with E-state index in [1.165, 1.54) is 44.9 Å². The Labute approximate surface area is 115 Å². The third kappa shape index (κ3) is 196. The summed E-state index contributed by atoms with van der Waals surface area (Å²) in [6.07, 6.45) is 9.51. The molecule has 0 heterocycles. The van der Waals surface area contributed by atoms with E-state index in [1.807, 2.05) is 27.7 Å². The normalized spacial score (nSPS) is 6.71. The second kappa shape index (κ2) is 73.5. The highest BCUT2D eigenvalue weighted by atomic mass is 13.9. The Balaban J connectivity index is -0.0000000408. The second-order valence-corrected chi connectivity index (χ2v) is 3.47. The maximum atomic E-state index is 2.25. The van der Waals surface area contributed by atoms with Crippen LogP contribution in [0.3, 0.4) is 0 Å². The van der Waals surface area contributed by atoms with Crippen LogP contribution in [0.5, 0.6) is 0 Å². The average Bonchev–Trinajstić information content (AvgIpc) is 2.37. The molecular weight excluding hydrogens is 204 g/mol. The molecule has 0 atom stereocenters. The summed E-state index contributed by atoms with van der Waals surface area (Å²) in [5.41, 5.74) is 0. The van der Waals surface area contributed by atoms with Crippen molar-refractivity contribution >= 4 is 0 Å².